The summed E-state index contributed by atoms with van der Waals surface area (Å²) in [7, 11) is 0. The van der Waals surface area contributed by atoms with Gasteiger partial charge in [-0.05, 0) is 40.2 Å². The van der Waals surface area contributed by atoms with Crippen LogP contribution in [0.25, 0.3) is 10.9 Å². The molecule has 3 rings (SSSR count). The molecule has 0 aliphatic heterocycles. The molecule has 0 saturated carbocycles. The van der Waals surface area contributed by atoms with Crippen LogP contribution in [0.3, 0.4) is 0 Å². The zero-order chi connectivity index (χ0) is 12.5. The molecule has 1 aromatic carbocycles. The maximum atomic E-state index is 13.2. The number of halogens is 2. The molecule has 0 aliphatic carbocycles. The highest BCUT2D eigenvalue weighted by atomic mass is 79.9. The van der Waals surface area contributed by atoms with E-state index in [0.29, 0.717) is 5.82 Å². The van der Waals surface area contributed by atoms with Crippen LogP contribution in [0.5, 0.6) is 0 Å². The van der Waals surface area contributed by atoms with Gasteiger partial charge in [0.15, 0.2) is 5.82 Å². The van der Waals surface area contributed by atoms with Gasteiger partial charge in [-0.2, -0.15) is 4.39 Å². The van der Waals surface area contributed by atoms with Crippen LogP contribution in [0.4, 0.5) is 15.9 Å². The van der Waals surface area contributed by atoms with E-state index >= 15 is 0 Å². The number of nitrogens with zero attached hydrogens (tertiary/aromatic N) is 2. The third-order valence-corrected chi connectivity index (χ3v) is 3.27. The lowest BCUT2D eigenvalue weighted by Crippen LogP contribution is -1.98. The highest BCUT2D eigenvalue weighted by molar-refractivity contribution is 9.10. The fourth-order valence-electron chi connectivity index (χ4n) is 1.70. The van der Waals surface area contributed by atoms with Crippen molar-refractivity contribution in [2.75, 3.05) is 5.32 Å². The summed E-state index contributed by atoms with van der Waals surface area (Å²) in [4.78, 5) is 10.5. The Morgan fingerprint density at radius 1 is 1.22 bits per heavy atom. The van der Waals surface area contributed by atoms with E-state index in [-0.39, 0.29) is 4.47 Å². The molecule has 3 aromatic rings. The van der Waals surface area contributed by atoms with Crippen LogP contribution in [0, 0.1) is 5.95 Å². The van der Waals surface area contributed by atoms with E-state index in [2.05, 4.69) is 36.2 Å². The predicted octanol–water partition coefficient (Wildman–Crippen LogP) is 3.60. The predicted molar refractivity (Wildman–Crippen MR) is 71.3 cm³/mol. The zero-order valence-corrected chi connectivity index (χ0v) is 10.7. The topological polar surface area (TPSA) is 53.6 Å². The first-order valence-electron chi connectivity index (χ1n) is 5.24. The van der Waals surface area contributed by atoms with Crippen molar-refractivity contribution in [3.63, 3.8) is 0 Å². The number of H-pyrrole nitrogens is 1. The summed E-state index contributed by atoms with van der Waals surface area (Å²) in [6.07, 6.45) is 3.05. The van der Waals surface area contributed by atoms with Crippen LogP contribution in [-0.2, 0) is 0 Å². The van der Waals surface area contributed by atoms with Crippen molar-refractivity contribution in [3.05, 3.63) is 47.2 Å². The van der Waals surface area contributed by atoms with Gasteiger partial charge < -0.3 is 10.3 Å². The Kier molecular flexibility index (Phi) is 2.71. The lowest BCUT2D eigenvalue weighted by molar-refractivity contribution is 0.573. The number of hydrogen-bond acceptors (Lipinski definition) is 3. The summed E-state index contributed by atoms with van der Waals surface area (Å²) in [6.45, 7) is 0. The Balaban J connectivity index is 1.98. The van der Waals surface area contributed by atoms with Gasteiger partial charge in [0.2, 0.25) is 5.95 Å². The summed E-state index contributed by atoms with van der Waals surface area (Å²) in [5.74, 6) is -0.187. The first kappa shape index (κ1) is 11.2. The quantitative estimate of drug-likeness (QED) is 0.711. The molecule has 18 heavy (non-hydrogen) atoms. The molecule has 0 amide bonds. The van der Waals surface area contributed by atoms with Gasteiger partial charge in [-0.3, -0.25) is 0 Å². The van der Waals surface area contributed by atoms with Gasteiger partial charge in [-0.1, -0.05) is 0 Å². The van der Waals surface area contributed by atoms with Crippen LogP contribution in [0.2, 0.25) is 0 Å². The second-order valence-corrected chi connectivity index (χ2v) is 4.52. The molecule has 0 atom stereocenters. The van der Waals surface area contributed by atoms with Crippen molar-refractivity contribution in [1.29, 1.82) is 0 Å². The van der Waals surface area contributed by atoms with E-state index in [0.717, 1.165) is 16.6 Å². The number of aromatic nitrogens is 3. The largest absolute Gasteiger partial charge is 0.361 e. The molecular weight excluding hydrogens is 299 g/mol. The summed E-state index contributed by atoms with van der Waals surface area (Å²) in [5, 5.41) is 4.12. The minimum atomic E-state index is -0.588. The van der Waals surface area contributed by atoms with Crippen molar-refractivity contribution in [2.45, 2.75) is 0 Å². The van der Waals surface area contributed by atoms with Crippen LogP contribution in [-0.4, -0.2) is 15.0 Å². The third kappa shape index (κ3) is 1.95. The lowest BCUT2D eigenvalue weighted by Gasteiger charge is -2.07. The molecule has 2 heterocycles. The Labute approximate surface area is 110 Å². The van der Waals surface area contributed by atoms with E-state index < -0.39 is 5.95 Å². The fraction of sp³-hybridized carbons (Fsp3) is 0. The molecule has 0 radical (unpaired) electrons. The Morgan fingerprint density at radius 3 is 3.00 bits per heavy atom. The highest BCUT2D eigenvalue weighted by Gasteiger charge is 2.08. The van der Waals surface area contributed by atoms with E-state index in [9.17, 15) is 4.39 Å². The monoisotopic (exact) mass is 306 g/mol. The number of benzene rings is 1. The summed E-state index contributed by atoms with van der Waals surface area (Å²) >= 11 is 3.11. The van der Waals surface area contributed by atoms with Crippen LogP contribution >= 0.6 is 15.9 Å². The van der Waals surface area contributed by atoms with E-state index in [1.807, 2.05) is 30.5 Å². The van der Waals surface area contributed by atoms with Crippen molar-refractivity contribution in [1.82, 2.24) is 15.0 Å². The molecule has 0 fully saturated rings. The van der Waals surface area contributed by atoms with Gasteiger partial charge >= 0.3 is 0 Å². The lowest BCUT2D eigenvalue weighted by atomic mass is 10.2. The second-order valence-electron chi connectivity index (χ2n) is 3.73. The molecule has 4 nitrogen and oxygen atoms in total. The zero-order valence-electron chi connectivity index (χ0n) is 9.11. The van der Waals surface area contributed by atoms with E-state index in [1.165, 1.54) is 6.33 Å². The molecule has 0 bridgehead atoms. The Hall–Kier alpha value is -1.95. The van der Waals surface area contributed by atoms with Crippen molar-refractivity contribution in [2.24, 2.45) is 0 Å². The number of rotatable bonds is 2. The molecule has 0 aliphatic rings. The second kappa shape index (κ2) is 4.38. The number of anilines is 2. The number of hydrogen-bond donors (Lipinski definition) is 2. The minimum absolute atomic E-state index is 0.221. The van der Waals surface area contributed by atoms with Crippen molar-refractivity contribution < 1.29 is 4.39 Å². The smallest absolute Gasteiger partial charge is 0.232 e. The molecule has 0 saturated heterocycles. The first-order valence-corrected chi connectivity index (χ1v) is 6.03. The van der Waals surface area contributed by atoms with Crippen molar-refractivity contribution >= 4 is 38.3 Å². The molecule has 2 aromatic heterocycles. The van der Waals surface area contributed by atoms with Gasteiger partial charge in [-0.25, -0.2) is 9.97 Å². The third-order valence-electron chi connectivity index (χ3n) is 2.56. The van der Waals surface area contributed by atoms with Gasteiger partial charge in [0.05, 0.1) is 0 Å². The van der Waals surface area contributed by atoms with Crippen molar-refractivity contribution in [3.8, 4) is 0 Å². The maximum Gasteiger partial charge on any atom is 0.232 e. The highest BCUT2D eigenvalue weighted by Crippen LogP contribution is 2.26. The average Bonchev–Trinajstić information content (AvgIpc) is 2.82. The van der Waals surface area contributed by atoms with Crippen LogP contribution in [0.15, 0.2) is 41.3 Å². The van der Waals surface area contributed by atoms with E-state index in [1.54, 1.807) is 0 Å². The van der Waals surface area contributed by atoms with Crippen LogP contribution < -0.4 is 5.32 Å². The molecule has 90 valence electrons. The average molecular weight is 307 g/mol. The number of aromatic amines is 1. The maximum absolute atomic E-state index is 13.2. The van der Waals surface area contributed by atoms with Crippen LogP contribution in [0.1, 0.15) is 0 Å². The van der Waals surface area contributed by atoms with Gasteiger partial charge in [0.1, 0.15) is 10.8 Å². The fourth-order valence-corrected chi connectivity index (χ4v) is 2.01. The van der Waals surface area contributed by atoms with Gasteiger partial charge in [0, 0.05) is 22.8 Å². The normalized spacial score (nSPS) is 10.8. The summed E-state index contributed by atoms with van der Waals surface area (Å²) in [5.41, 5.74) is 1.88. The molecule has 0 spiro atoms. The van der Waals surface area contributed by atoms with Gasteiger partial charge in [0.25, 0.3) is 0 Å². The minimum Gasteiger partial charge on any atom is -0.361 e. The molecule has 2 N–H and O–H groups in total. The Bertz CT molecular complexity index is 710. The number of nitrogens with one attached hydrogen (secondary N) is 2. The van der Waals surface area contributed by atoms with Gasteiger partial charge in [-0.15, -0.1) is 0 Å². The summed E-state index contributed by atoms with van der Waals surface area (Å²) < 4.78 is 13.5. The van der Waals surface area contributed by atoms with E-state index in [4.69, 9.17) is 0 Å². The summed E-state index contributed by atoms with van der Waals surface area (Å²) in [6, 6.07) is 7.77. The number of fused-ring (bicyclic) bond motifs is 1. The first-order chi connectivity index (χ1) is 8.74. The standard InChI is InChI=1S/C12H8BrFN4/c13-10-11(14)16-6-17-12(10)18-8-1-2-9-7(5-8)3-4-15-9/h1-6,15H,(H,16,17,18). The Morgan fingerprint density at radius 2 is 2.11 bits per heavy atom. The molecular formula is C12H8BrFN4. The molecule has 6 heteroatoms. The molecule has 0 unspecified atom stereocenters. The SMILES string of the molecule is Fc1ncnc(Nc2ccc3[nH]ccc3c2)c1Br.